The fraction of sp³-hybridized carbons (Fsp3) is 0.455. The van der Waals surface area contributed by atoms with Gasteiger partial charge in [0.25, 0.3) is 5.91 Å². The van der Waals surface area contributed by atoms with Gasteiger partial charge in [0.15, 0.2) is 0 Å². The van der Waals surface area contributed by atoms with Crippen molar-refractivity contribution in [1.29, 1.82) is 0 Å². The summed E-state index contributed by atoms with van der Waals surface area (Å²) < 4.78 is 5.34. The predicted molar refractivity (Wildman–Crippen MR) is 117 cm³/mol. The van der Waals surface area contributed by atoms with E-state index in [1.165, 1.54) is 0 Å². The zero-order valence-electron chi connectivity index (χ0n) is 17.5. The lowest BCUT2D eigenvalue weighted by atomic mass is 10.1. The van der Waals surface area contributed by atoms with Crippen LogP contribution in [0.5, 0.6) is 0 Å². The van der Waals surface area contributed by atoms with E-state index in [1.54, 1.807) is 37.4 Å². The standard InChI is InChI=1S/C22H26ClN5O3/c1-15-19(22(30)26-18-4-2-17(23)3-5-18)12-24-21(25-15)16-6-7-28(13-16)20(29)14-27-8-10-31-11-9-27/h2-5,12,16H,6-11,13-14H2,1H3,(H,26,30). The monoisotopic (exact) mass is 443 g/mol. The smallest absolute Gasteiger partial charge is 0.259 e. The van der Waals surface area contributed by atoms with Gasteiger partial charge in [0.1, 0.15) is 5.82 Å². The van der Waals surface area contributed by atoms with Crippen LogP contribution in [-0.2, 0) is 9.53 Å². The fourth-order valence-electron chi connectivity index (χ4n) is 3.88. The van der Waals surface area contributed by atoms with E-state index in [-0.39, 0.29) is 17.7 Å². The van der Waals surface area contributed by atoms with Crippen molar-refractivity contribution in [2.45, 2.75) is 19.3 Å². The van der Waals surface area contributed by atoms with E-state index in [2.05, 4.69) is 20.2 Å². The first-order valence-corrected chi connectivity index (χ1v) is 10.9. The van der Waals surface area contributed by atoms with Gasteiger partial charge in [-0.1, -0.05) is 11.6 Å². The van der Waals surface area contributed by atoms with Gasteiger partial charge in [-0.15, -0.1) is 0 Å². The molecule has 0 radical (unpaired) electrons. The zero-order chi connectivity index (χ0) is 21.8. The summed E-state index contributed by atoms with van der Waals surface area (Å²) in [5, 5.41) is 3.44. The van der Waals surface area contributed by atoms with Gasteiger partial charge in [-0.05, 0) is 37.6 Å². The molecule has 4 rings (SSSR count). The molecule has 9 heteroatoms. The zero-order valence-corrected chi connectivity index (χ0v) is 18.3. The molecule has 2 saturated heterocycles. The van der Waals surface area contributed by atoms with Crippen molar-refractivity contribution in [3.63, 3.8) is 0 Å². The molecule has 0 saturated carbocycles. The van der Waals surface area contributed by atoms with E-state index >= 15 is 0 Å². The first-order valence-electron chi connectivity index (χ1n) is 10.5. The second kappa shape index (κ2) is 9.72. The molecule has 2 aliphatic rings. The van der Waals surface area contributed by atoms with Gasteiger partial charge < -0.3 is 15.0 Å². The van der Waals surface area contributed by atoms with Gasteiger partial charge in [0, 0.05) is 49.0 Å². The van der Waals surface area contributed by atoms with Gasteiger partial charge in [-0.2, -0.15) is 0 Å². The third-order valence-electron chi connectivity index (χ3n) is 5.71. The maximum Gasteiger partial charge on any atom is 0.259 e. The SMILES string of the molecule is Cc1nc(C2CCN(C(=O)CN3CCOCC3)C2)ncc1C(=O)Nc1ccc(Cl)cc1. The van der Waals surface area contributed by atoms with Crippen molar-refractivity contribution < 1.29 is 14.3 Å². The maximum atomic E-state index is 12.6. The van der Waals surface area contributed by atoms with Crippen LogP contribution in [-0.4, -0.2) is 77.5 Å². The van der Waals surface area contributed by atoms with Crippen LogP contribution in [0.3, 0.4) is 0 Å². The summed E-state index contributed by atoms with van der Waals surface area (Å²) in [4.78, 5) is 38.3. The molecule has 8 nitrogen and oxygen atoms in total. The van der Waals surface area contributed by atoms with Crippen molar-refractivity contribution in [3.8, 4) is 0 Å². The summed E-state index contributed by atoms with van der Waals surface area (Å²) in [6.07, 6.45) is 2.39. The molecule has 1 unspecified atom stereocenters. The van der Waals surface area contributed by atoms with Gasteiger partial charge in [-0.25, -0.2) is 9.97 Å². The quantitative estimate of drug-likeness (QED) is 0.763. The molecule has 0 spiro atoms. The van der Waals surface area contributed by atoms with Crippen molar-refractivity contribution in [1.82, 2.24) is 19.8 Å². The van der Waals surface area contributed by atoms with Gasteiger partial charge >= 0.3 is 0 Å². The molecule has 31 heavy (non-hydrogen) atoms. The van der Waals surface area contributed by atoms with Crippen LogP contribution in [0.25, 0.3) is 0 Å². The Kier molecular flexibility index (Phi) is 6.80. The van der Waals surface area contributed by atoms with Gasteiger partial charge in [-0.3, -0.25) is 14.5 Å². The molecule has 2 fully saturated rings. The number of nitrogens with zero attached hydrogens (tertiary/aromatic N) is 4. The summed E-state index contributed by atoms with van der Waals surface area (Å²) in [5.74, 6) is 0.642. The van der Waals surface area contributed by atoms with Gasteiger partial charge in [0.2, 0.25) is 5.91 Å². The normalized spacial score (nSPS) is 19.4. The Morgan fingerprint density at radius 3 is 2.65 bits per heavy atom. The van der Waals surface area contributed by atoms with Gasteiger partial charge in [0.05, 0.1) is 31.0 Å². The van der Waals surface area contributed by atoms with E-state index in [0.717, 1.165) is 19.5 Å². The first-order chi connectivity index (χ1) is 15.0. The number of anilines is 1. The highest BCUT2D eigenvalue weighted by molar-refractivity contribution is 6.30. The third-order valence-corrected chi connectivity index (χ3v) is 5.97. The Bertz CT molecular complexity index is 947. The highest BCUT2D eigenvalue weighted by Gasteiger charge is 2.30. The Hall–Kier alpha value is -2.55. The Balaban J connectivity index is 1.36. The molecule has 0 bridgehead atoms. The molecule has 3 heterocycles. The number of hydrogen-bond donors (Lipinski definition) is 1. The summed E-state index contributed by atoms with van der Waals surface area (Å²) in [6, 6.07) is 6.92. The highest BCUT2D eigenvalue weighted by atomic mass is 35.5. The minimum Gasteiger partial charge on any atom is -0.379 e. The van der Waals surface area contributed by atoms with E-state index in [1.807, 2.05) is 4.90 Å². The van der Waals surface area contributed by atoms with Crippen LogP contribution in [0, 0.1) is 6.92 Å². The molecule has 2 aliphatic heterocycles. The van der Waals surface area contributed by atoms with Crippen LogP contribution >= 0.6 is 11.6 Å². The number of nitrogens with one attached hydrogen (secondary N) is 1. The number of amides is 2. The molecule has 2 aromatic rings. The van der Waals surface area contributed by atoms with Crippen LogP contribution < -0.4 is 5.32 Å². The molecule has 1 atom stereocenters. The summed E-state index contributed by atoms with van der Waals surface area (Å²) >= 11 is 5.88. The molecule has 1 N–H and O–H groups in total. The number of aryl methyl sites for hydroxylation is 1. The highest BCUT2D eigenvalue weighted by Crippen LogP contribution is 2.25. The number of carbonyl (C=O) groups is 2. The number of halogens is 1. The fourth-order valence-corrected chi connectivity index (χ4v) is 4.01. The van der Waals surface area contributed by atoms with Crippen molar-refractivity contribution in [2.24, 2.45) is 0 Å². The number of morpholine rings is 1. The number of hydrogen-bond acceptors (Lipinski definition) is 6. The molecular formula is C22H26ClN5O3. The average molecular weight is 444 g/mol. The van der Waals surface area contributed by atoms with E-state index < -0.39 is 0 Å². The van der Waals surface area contributed by atoms with Crippen LogP contribution in [0.15, 0.2) is 30.5 Å². The Morgan fingerprint density at radius 1 is 1.19 bits per heavy atom. The largest absolute Gasteiger partial charge is 0.379 e. The van der Waals surface area contributed by atoms with E-state index in [0.29, 0.717) is 60.6 Å². The van der Waals surface area contributed by atoms with Crippen molar-refractivity contribution in [2.75, 3.05) is 51.3 Å². The Labute approximate surface area is 186 Å². The minimum absolute atomic E-state index is 0.0840. The van der Waals surface area contributed by atoms with E-state index in [4.69, 9.17) is 16.3 Å². The molecule has 164 valence electrons. The lowest BCUT2D eigenvalue weighted by molar-refractivity contribution is -0.132. The lowest BCUT2D eigenvalue weighted by Crippen LogP contribution is -2.44. The van der Waals surface area contributed by atoms with Crippen molar-refractivity contribution in [3.05, 3.63) is 52.6 Å². The number of likely N-dealkylation sites (tertiary alicyclic amines) is 1. The lowest BCUT2D eigenvalue weighted by Gasteiger charge is -2.28. The first kappa shape index (κ1) is 21.7. The molecular weight excluding hydrogens is 418 g/mol. The number of ether oxygens (including phenoxy) is 1. The third kappa shape index (κ3) is 5.39. The molecule has 1 aromatic heterocycles. The van der Waals surface area contributed by atoms with Crippen LogP contribution in [0.1, 0.15) is 34.2 Å². The Morgan fingerprint density at radius 2 is 1.94 bits per heavy atom. The van der Waals surface area contributed by atoms with Crippen LogP contribution in [0.4, 0.5) is 5.69 Å². The number of rotatable bonds is 5. The average Bonchev–Trinajstić information content (AvgIpc) is 3.26. The van der Waals surface area contributed by atoms with Crippen LogP contribution in [0.2, 0.25) is 5.02 Å². The number of carbonyl (C=O) groups excluding carboxylic acids is 2. The van der Waals surface area contributed by atoms with E-state index in [9.17, 15) is 9.59 Å². The summed E-state index contributed by atoms with van der Waals surface area (Å²) in [5.41, 5.74) is 1.70. The number of aromatic nitrogens is 2. The maximum absolute atomic E-state index is 12.6. The topological polar surface area (TPSA) is 87.7 Å². The predicted octanol–water partition coefficient (Wildman–Crippen LogP) is 2.34. The number of benzene rings is 1. The summed E-state index contributed by atoms with van der Waals surface area (Å²) in [7, 11) is 0. The minimum atomic E-state index is -0.264. The molecule has 2 amide bonds. The second-order valence-corrected chi connectivity index (χ2v) is 8.34. The van der Waals surface area contributed by atoms with Crippen molar-refractivity contribution >= 4 is 29.1 Å². The summed E-state index contributed by atoms with van der Waals surface area (Å²) in [6.45, 7) is 6.50. The second-order valence-electron chi connectivity index (χ2n) is 7.90. The molecule has 0 aliphatic carbocycles. The molecule has 1 aromatic carbocycles.